The van der Waals surface area contributed by atoms with Gasteiger partial charge < -0.3 is 9.47 Å². The number of carbonyl (C=O) groups excluding carboxylic acids is 1. The lowest BCUT2D eigenvalue weighted by Crippen LogP contribution is -2.32. The van der Waals surface area contributed by atoms with Crippen molar-refractivity contribution >= 4 is 16.6 Å². The summed E-state index contributed by atoms with van der Waals surface area (Å²) in [4.78, 5) is 12.6. The molecule has 2 atom stereocenters. The van der Waals surface area contributed by atoms with E-state index in [2.05, 4.69) is 0 Å². The lowest BCUT2D eigenvalue weighted by Gasteiger charge is -2.26. The van der Waals surface area contributed by atoms with Crippen molar-refractivity contribution < 1.29 is 18.5 Å². The lowest BCUT2D eigenvalue weighted by molar-refractivity contribution is 0.0905. The third-order valence-corrected chi connectivity index (χ3v) is 6.76. The van der Waals surface area contributed by atoms with Crippen molar-refractivity contribution in [1.29, 1.82) is 0 Å². The normalized spacial score (nSPS) is 34.2. The van der Waals surface area contributed by atoms with Crippen LogP contribution in [0.1, 0.15) is 36.0 Å². The van der Waals surface area contributed by atoms with Gasteiger partial charge >= 0.3 is 0 Å². The van der Waals surface area contributed by atoms with Crippen LogP contribution < -0.4 is 9.47 Å². The van der Waals surface area contributed by atoms with Crippen LogP contribution in [-0.4, -0.2) is 27.3 Å². The number of carbonyl (C=O) groups is 1. The number of Topliss-reactive ketones (excluding diaryl/α,β-unsaturated/α-hetero) is 1. The quantitative estimate of drug-likeness (QED) is 0.785. The number of hydrogen-bond acceptors (Lipinski definition) is 4. The summed E-state index contributed by atoms with van der Waals surface area (Å²) in [5, 5.41) is 0.466. The predicted molar refractivity (Wildman–Crippen MR) is 74.6 cm³/mol. The molecule has 4 rings (SSSR count). The van der Waals surface area contributed by atoms with Crippen molar-refractivity contribution in [1.82, 2.24) is 0 Å². The Morgan fingerprint density at radius 3 is 2.55 bits per heavy atom. The first-order valence-electron chi connectivity index (χ1n) is 7.05. The van der Waals surface area contributed by atoms with Gasteiger partial charge in [-0.3, -0.25) is 9.00 Å². The first-order chi connectivity index (χ1) is 9.72. The van der Waals surface area contributed by atoms with Gasteiger partial charge in [0, 0.05) is 32.8 Å². The first kappa shape index (κ1) is 12.4. The van der Waals surface area contributed by atoms with E-state index in [-0.39, 0.29) is 29.0 Å². The minimum absolute atomic E-state index is 0.0190. The summed E-state index contributed by atoms with van der Waals surface area (Å²) in [5.41, 5.74) is 0.686. The fourth-order valence-electron chi connectivity index (χ4n) is 3.53. The van der Waals surface area contributed by atoms with Crippen molar-refractivity contribution in [3.8, 4) is 11.5 Å². The van der Waals surface area contributed by atoms with Crippen molar-refractivity contribution in [3.63, 3.8) is 0 Å². The molecule has 3 heterocycles. The molecular weight excluding hydrogens is 276 g/mol. The standard InChI is InChI=1S/C15H16O4S/c16-15(9-1-4-13-14(7-9)19-8-18-13)10-5-11-2-3-12(6-10)20(11)17/h1,4,7,10-12H,2-3,5-6,8H2. The molecule has 0 N–H and O–H groups in total. The second-order valence-corrected chi connectivity index (χ2v) is 7.74. The summed E-state index contributed by atoms with van der Waals surface area (Å²) in [6.45, 7) is 0.222. The molecule has 0 aromatic heterocycles. The second kappa shape index (κ2) is 4.58. The van der Waals surface area contributed by atoms with Gasteiger partial charge in [0.1, 0.15) is 0 Å². The van der Waals surface area contributed by atoms with Gasteiger partial charge in [-0.1, -0.05) is 0 Å². The van der Waals surface area contributed by atoms with Crippen LogP contribution in [0.5, 0.6) is 11.5 Å². The highest BCUT2D eigenvalue weighted by molar-refractivity contribution is 7.86. The number of benzene rings is 1. The van der Waals surface area contributed by atoms with E-state index in [4.69, 9.17) is 9.47 Å². The van der Waals surface area contributed by atoms with E-state index in [9.17, 15) is 9.00 Å². The van der Waals surface area contributed by atoms with Gasteiger partial charge in [-0.05, 0) is 43.9 Å². The topological polar surface area (TPSA) is 52.6 Å². The van der Waals surface area contributed by atoms with Gasteiger partial charge in [0.25, 0.3) is 0 Å². The van der Waals surface area contributed by atoms with Gasteiger partial charge in [-0.25, -0.2) is 0 Å². The van der Waals surface area contributed by atoms with Crippen LogP contribution in [-0.2, 0) is 10.8 Å². The van der Waals surface area contributed by atoms with Gasteiger partial charge in [0.05, 0.1) is 0 Å². The van der Waals surface area contributed by atoms with E-state index in [1.165, 1.54) is 0 Å². The lowest BCUT2D eigenvalue weighted by atomic mass is 9.90. The highest BCUT2D eigenvalue weighted by atomic mass is 32.2. The number of ketones is 1. The zero-order chi connectivity index (χ0) is 13.7. The van der Waals surface area contributed by atoms with Crippen LogP contribution in [0.15, 0.2) is 18.2 Å². The molecule has 3 aliphatic heterocycles. The summed E-state index contributed by atoms with van der Waals surface area (Å²) < 4.78 is 22.6. The van der Waals surface area contributed by atoms with E-state index in [1.807, 2.05) is 6.07 Å². The molecule has 2 fully saturated rings. The fraction of sp³-hybridized carbons (Fsp3) is 0.533. The molecular formula is C15H16O4S. The van der Waals surface area contributed by atoms with Crippen LogP contribution in [0.25, 0.3) is 0 Å². The molecule has 2 bridgehead atoms. The summed E-state index contributed by atoms with van der Waals surface area (Å²) in [6.07, 6.45) is 3.58. The van der Waals surface area contributed by atoms with E-state index in [0.29, 0.717) is 17.1 Å². The zero-order valence-corrected chi connectivity index (χ0v) is 11.9. The molecule has 0 aliphatic carbocycles. The summed E-state index contributed by atoms with van der Waals surface area (Å²) in [6, 6.07) is 5.38. The first-order valence-corrected chi connectivity index (χ1v) is 8.33. The molecule has 1 aromatic carbocycles. The van der Waals surface area contributed by atoms with Crippen LogP contribution in [0.4, 0.5) is 0 Å². The van der Waals surface area contributed by atoms with Crippen molar-refractivity contribution in [2.24, 2.45) is 5.92 Å². The predicted octanol–water partition coefficient (Wildman–Crippen LogP) is 2.29. The molecule has 0 amide bonds. The highest BCUT2D eigenvalue weighted by Crippen LogP contribution is 2.40. The van der Waals surface area contributed by atoms with Crippen molar-refractivity contribution in [2.75, 3.05) is 6.79 Å². The zero-order valence-electron chi connectivity index (χ0n) is 11.0. The third-order valence-electron chi connectivity index (χ3n) is 4.59. The molecule has 0 saturated carbocycles. The Morgan fingerprint density at radius 2 is 1.80 bits per heavy atom. The molecule has 20 heavy (non-hydrogen) atoms. The summed E-state index contributed by atoms with van der Waals surface area (Å²) in [5.74, 6) is 1.53. The number of fused-ring (bicyclic) bond motifs is 3. The van der Waals surface area contributed by atoms with Crippen LogP contribution >= 0.6 is 0 Å². The fourth-order valence-corrected chi connectivity index (χ4v) is 5.66. The Labute approximate surface area is 119 Å². The van der Waals surface area contributed by atoms with Gasteiger partial charge in [-0.2, -0.15) is 0 Å². The van der Waals surface area contributed by atoms with Gasteiger partial charge in [-0.15, -0.1) is 0 Å². The maximum absolute atomic E-state index is 12.6. The molecule has 5 heteroatoms. The van der Waals surface area contributed by atoms with E-state index in [1.54, 1.807) is 12.1 Å². The Bertz CT molecular complexity index is 582. The monoisotopic (exact) mass is 292 g/mol. The average molecular weight is 292 g/mol. The smallest absolute Gasteiger partial charge is 0.231 e. The average Bonchev–Trinajstić information content (AvgIpc) is 2.98. The molecule has 4 nitrogen and oxygen atoms in total. The van der Waals surface area contributed by atoms with Crippen LogP contribution in [0, 0.1) is 5.92 Å². The molecule has 1 aromatic rings. The molecule has 2 unspecified atom stereocenters. The minimum atomic E-state index is -0.709. The Balaban J connectivity index is 1.57. The van der Waals surface area contributed by atoms with Crippen LogP contribution in [0.2, 0.25) is 0 Å². The van der Waals surface area contributed by atoms with Gasteiger partial charge in [0.15, 0.2) is 17.3 Å². The second-order valence-electron chi connectivity index (χ2n) is 5.75. The SMILES string of the molecule is O=C(c1ccc2c(c1)OCO2)C1CC2CCC(C1)S2=O. The van der Waals surface area contributed by atoms with E-state index in [0.717, 1.165) is 25.7 Å². The van der Waals surface area contributed by atoms with Crippen molar-refractivity contribution in [2.45, 2.75) is 36.2 Å². The maximum atomic E-state index is 12.6. The molecule has 0 radical (unpaired) electrons. The molecule has 3 aliphatic rings. The van der Waals surface area contributed by atoms with Gasteiger partial charge in [0.2, 0.25) is 6.79 Å². The highest BCUT2D eigenvalue weighted by Gasteiger charge is 2.42. The Hall–Kier alpha value is -1.36. The molecule has 106 valence electrons. The Kier molecular flexibility index (Phi) is 2.84. The number of rotatable bonds is 2. The molecule has 2 saturated heterocycles. The third kappa shape index (κ3) is 1.87. The number of ether oxygens (including phenoxy) is 2. The number of hydrogen-bond donors (Lipinski definition) is 0. The Morgan fingerprint density at radius 1 is 1.10 bits per heavy atom. The largest absolute Gasteiger partial charge is 0.454 e. The van der Waals surface area contributed by atoms with Crippen LogP contribution in [0.3, 0.4) is 0 Å². The van der Waals surface area contributed by atoms with Crippen molar-refractivity contribution in [3.05, 3.63) is 23.8 Å². The van der Waals surface area contributed by atoms with E-state index < -0.39 is 10.8 Å². The minimum Gasteiger partial charge on any atom is -0.454 e. The maximum Gasteiger partial charge on any atom is 0.231 e. The summed E-state index contributed by atoms with van der Waals surface area (Å²) >= 11 is 0. The molecule has 0 spiro atoms. The summed E-state index contributed by atoms with van der Waals surface area (Å²) in [7, 11) is -0.709. The van der Waals surface area contributed by atoms with E-state index >= 15 is 0 Å².